The average molecular weight is 493 g/mol. The summed E-state index contributed by atoms with van der Waals surface area (Å²) in [5.41, 5.74) is 2.53. The van der Waals surface area contributed by atoms with Gasteiger partial charge >= 0.3 is 5.97 Å². The van der Waals surface area contributed by atoms with Crippen molar-refractivity contribution in [3.8, 4) is 5.75 Å². The van der Waals surface area contributed by atoms with Gasteiger partial charge in [0.2, 0.25) is 0 Å². The quantitative estimate of drug-likeness (QED) is 0.395. The highest BCUT2D eigenvalue weighted by molar-refractivity contribution is 8.18. The first kappa shape index (κ1) is 23.6. The Bertz CT molecular complexity index is 1270. The Morgan fingerprint density at radius 1 is 1.09 bits per heavy atom. The predicted molar refractivity (Wildman–Crippen MR) is 136 cm³/mol. The van der Waals surface area contributed by atoms with Gasteiger partial charge in [-0.1, -0.05) is 41.9 Å². The third kappa shape index (κ3) is 5.50. The van der Waals surface area contributed by atoms with Gasteiger partial charge in [-0.25, -0.2) is 9.79 Å². The van der Waals surface area contributed by atoms with Gasteiger partial charge in [-0.2, -0.15) is 0 Å². The zero-order chi connectivity index (χ0) is 24.1. The molecule has 0 aliphatic carbocycles. The Morgan fingerprint density at radius 3 is 2.47 bits per heavy atom. The molecule has 1 aliphatic heterocycles. The molecule has 1 saturated heterocycles. The minimum Gasteiger partial charge on any atom is -0.488 e. The first-order valence-corrected chi connectivity index (χ1v) is 11.7. The predicted octanol–water partition coefficient (Wildman–Crippen LogP) is 6.24. The number of carboxylic acids is 1. The fraction of sp³-hybridized carbons (Fsp3) is 0.115. The first-order chi connectivity index (χ1) is 16.4. The molecule has 1 N–H and O–H groups in total. The normalized spacial score (nSPS) is 15.8. The third-order valence-electron chi connectivity index (χ3n) is 5.06. The molecule has 172 valence electrons. The van der Waals surface area contributed by atoms with Gasteiger partial charge < -0.3 is 9.84 Å². The molecule has 8 heteroatoms. The Balaban J connectivity index is 1.56. The highest BCUT2D eigenvalue weighted by Gasteiger charge is 2.32. The zero-order valence-corrected chi connectivity index (χ0v) is 19.8. The van der Waals surface area contributed by atoms with Crippen molar-refractivity contribution in [2.24, 2.45) is 4.99 Å². The second-order valence-corrected chi connectivity index (χ2v) is 8.80. The van der Waals surface area contributed by atoms with Crippen LogP contribution in [0.15, 0.2) is 82.7 Å². The van der Waals surface area contributed by atoms with Gasteiger partial charge in [-0.3, -0.25) is 9.69 Å². The summed E-state index contributed by atoms with van der Waals surface area (Å²) in [4.78, 5) is 30.8. The van der Waals surface area contributed by atoms with Crippen LogP contribution in [0.2, 0.25) is 5.02 Å². The van der Waals surface area contributed by atoms with Crippen molar-refractivity contribution >= 4 is 52.2 Å². The van der Waals surface area contributed by atoms with E-state index in [1.165, 1.54) is 23.9 Å². The molecule has 1 aliphatic rings. The van der Waals surface area contributed by atoms with Gasteiger partial charge in [0.25, 0.3) is 5.91 Å². The number of aromatic carboxylic acids is 1. The molecule has 1 amide bonds. The van der Waals surface area contributed by atoms with Crippen LogP contribution in [0.1, 0.15) is 28.4 Å². The summed E-state index contributed by atoms with van der Waals surface area (Å²) >= 11 is 7.23. The number of thioether (sulfide) groups is 1. The van der Waals surface area contributed by atoms with Crippen molar-refractivity contribution in [3.05, 3.63) is 99.4 Å². The van der Waals surface area contributed by atoms with Crippen molar-refractivity contribution < 1.29 is 19.4 Å². The van der Waals surface area contributed by atoms with E-state index in [4.69, 9.17) is 21.4 Å². The SMILES string of the molecule is CCN1C(=O)/C(=C/c2ccccc2OCc2ccc(Cl)cc2)SC1=Nc1ccc(C(=O)O)cc1. The summed E-state index contributed by atoms with van der Waals surface area (Å²) in [7, 11) is 0. The van der Waals surface area contributed by atoms with Gasteiger partial charge in [0.15, 0.2) is 5.17 Å². The van der Waals surface area contributed by atoms with E-state index < -0.39 is 5.97 Å². The van der Waals surface area contributed by atoms with E-state index >= 15 is 0 Å². The number of aliphatic imine (C=N–C) groups is 1. The lowest BCUT2D eigenvalue weighted by molar-refractivity contribution is -0.122. The molecule has 0 spiro atoms. The minimum absolute atomic E-state index is 0.138. The van der Waals surface area contributed by atoms with E-state index in [-0.39, 0.29) is 11.5 Å². The molecule has 3 aromatic carbocycles. The molecule has 1 fully saturated rings. The third-order valence-corrected chi connectivity index (χ3v) is 6.32. The summed E-state index contributed by atoms with van der Waals surface area (Å²) in [6.07, 6.45) is 1.81. The topological polar surface area (TPSA) is 79.2 Å². The summed E-state index contributed by atoms with van der Waals surface area (Å²) in [6, 6.07) is 21.2. The van der Waals surface area contributed by atoms with Crippen LogP contribution in [0.3, 0.4) is 0 Å². The standard InChI is InChI=1S/C26H21ClN2O4S/c1-2-29-24(30)23(34-26(29)28-21-13-9-18(10-14-21)25(31)32)15-19-5-3-4-6-22(19)33-16-17-7-11-20(27)12-8-17/h3-15H,2,16H2,1H3,(H,31,32)/b23-15-,28-26?. The van der Waals surface area contributed by atoms with Gasteiger partial charge in [0, 0.05) is 17.1 Å². The molecule has 0 atom stereocenters. The molecule has 0 saturated carbocycles. The summed E-state index contributed by atoms with van der Waals surface area (Å²) in [5.74, 6) is -0.473. The second-order valence-electron chi connectivity index (χ2n) is 7.36. The van der Waals surface area contributed by atoms with Crippen LogP contribution in [0.5, 0.6) is 5.75 Å². The number of nitrogens with zero attached hydrogens (tertiary/aromatic N) is 2. The number of carbonyl (C=O) groups excluding carboxylic acids is 1. The molecule has 0 unspecified atom stereocenters. The number of carbonyl (C=O) groups is 2. The van der Waals surface area contributed by atoms with Crippen LogP contribution in [-0.4, -0.2) is 33.6 Å². The lowest BCUT2D eigenvalue weighted by Gasteiger charge is -2.12. The number of carboxylic acid groups (broad SMARTS) is 1. The highest BCUT2D eigenvalue weighted by Crippen LogP contribution is 2.35. The molecule has 0 aromatic heterocycles. The Morgan fingerprint density at radius 2 is 1.79 bits per heavy atom. The number of rotatable bonds is 7. The van der Waals surface area contributed by atoms with E-state index in [1.54, 1.807) is 17.0 Å². The van der Waals surface area contributed by atoms with Crippen LogP contribution in [0.4, 0.5) is 5.69 Å². The molecular weight excluding hydrogens is 472 g/mol. The fourth-order valence-electron chi connectivity index (χ4n) is 3.27. The van der Waals surface area contributed by atoms with Gasteiger partial charge in [-0.15, -0.1) is 0 Å². The maximum absolute atomic E-state index is 13.0. The molecule has 34 heavy (non-hydrogen) atoms. The summed E-state index contributed by atoms with van der Waals surface area (Å²) < 4.78 is 6.01. The van der Waals surface area contributed by atoms with E-state index in [0.29, 0.717) is 39.7 Å². The number of ether oxygens (including phenoxy) is 1. The zero-order valence-electron chi connectivity index (χ0n) is 18.3. The molecule has 4 rings (SSSR count). The van der Waals surface area contributed by atoms with Gasteiger partial charge in [-0.05, 0) is 72.8 Å². The van der Waals surface area contributed by atoms with Crippen LogP contribution < -0.4 is 4.74 Å². The van der Waals surface area contributed by atoms with Crippen molar-refractivity contribution in [3.63, 3.8) is 0 Å². The second kappa shape index (κ2) is 10.6. The lowest BCUT2D eigenvalue weighted by Crippen LogP contribution is -2.28. The van der Waals surface area contributed by atoms with E-state index in [9.17, 15) is 9.59 Å². The number of likely N-dealkylation sites (N-methyl/N-ethyl adjacent to an activating group) is 1. The first-order valence-electron chi connectivity index (χ1n) is 10.5. The Labute approximate surface area is 206 Å². The van der Waals surface area contributed by atoms with Crippen molar-refractivity contribution in [1.82, 2.24) is 4.90 Å². The molecular formula is C26H21ClN2O4S. The smallest absolute Gasteiger partial charge is 0.335 e. The lowest BCUT2D eigenvalue weighted by atomic mass is 10.1. The monoisotopic (exact) mass is 492 g/mol. The Kier molecular flexibility index (Phi) is 7.35. The van der Waals surface area contributed by atoms with Crippen LogP contribution in [-0.2, 0) is 11.4 Å². The number of para-hydroxylation sites is 1. The molecule has 1 heterocycles. The maximum Gasteiger partial charge on any atom is 0.335 e. The van der Waals surface area contributed by atoms with E-state index in [0.717, 1.165) is 11.1 Å². The van der Waals surface area contributed by atoms with Crippen LogP contribution in [0, 0.1) is 0 Å². The summed E-state index contributed by atoms with van der Waals surface area (Å²) in [6.45, 7) is 2.72. The number of amidine groups is 1. The molecule has 0 bridgehead atoms. The Hall–Kier alpha value is -3.55. The number of amides is 1. The fourth-order valence-corrected chi connectivity index (χ4v) is 4.45. The van der Waals surface area contributed by atoms with Crippen LogP contribution >= 0.6 is 23.4 Å². The number of benzene rings is 3. The summed E-state index contributed by atoms with van der Waals surface area (Å²) in [5, 5.41) is 10.3. The number of halogens is 1. The van der Waals surface area contributed by atoms with Crippen molar-refractivity contribution in [1.29, 1.82) is 0 Å². The molecule has 0 radical (unpaired) electrons. The number of hydrogen-bond acceptors (Lipinski definition) is 5. The number of hydrogen-bond donors (Lipinski definition) is 1. The van der Waals surface area contributed by atoms with Crippen molar-refractivity contribution in [2.75, 3.05) is 6.54 Å². The largest absolute Gasteiger partial charge is 0.488 e. The van der Waals surface area contributed by atoms with Gasteiger partial charge in [0.1, 0.15) is 12.4 Å². The van der Waals surface area contributed by atoms with Crippen molar-refractivity contribution in [2.45, 2.75) is 13.5 Å². The van der Waals surface area contributed by atoms with Crippen LogP contribution in [0.25, 0.3) is 6.08 Å². The highest BCUT2D eigenvalue weighted by atomic mass is 35.5. The maximum atomic E-state index is 13.0. The van der Waals surface area contributed by atoms with E-state index in [2.05, 4.69) is 4.99 Å². The minimum atomic E-state index is -0.998. The van der Waals surface area contributed by atoms with Gasteiger partial charge in [0.05, 0.1) is 16.2 Å². The molecule has 3 aromatic rings. The average Bonchev–Trinajstić information content (AvgIpc) is 3.13. The van der Waals surface area contributed by atoms with E-state index in [1.807, 2.05) is 61.5 Å². The molecule has 6 nitrogen and oxygen atoms in total.